The Bertz CT molecular complexity index is 1540. The Morgan fingerprint density at radius 1 is 0.976 bits per heavy atom. The van der Waals surface area contributed by atoms with Crippen LogP contribution in [0.2, 0.25) is 0 Å². The third kappa shape index (κ3) is 7.39. The maximum Gasteiger partial charge on any atom is 0.255 e. The molecule has 0 radical (unpaired) electrons. The van der Waals surface area contributed by atoms with Crippen molar-refractivity contribution in [1.82, 2.24) is 14.8 Å². The molecule has 2 heterocycles. The molecule has 0 spiro atoms. The summed E-state index contributed by atoms with van der Waals surface area (Å²) in [6, 6.07) is 19.8. The van der Waals surface area contributed by atoms with E-state index in [0.717, 1.165) is 65.8 Å². The van der Waals surface area contributed by atoms with Crippen molar-refractivity contribution < 1.29 is 14.0 Å². The molecule has 1 aliphatic rings. The van der Waals surface area contributed by atoms with Gasteiger partial charge in [-0.2, -0.15) is 0 Å². The summed E-state index contributed by atoms with van der Waals surface area (Å²) in [6.45, 7) is 5.01. The molecule has 42 heavy (non-hydrogen) atoms. The summed E-state index contributed by atoms with van der Waals surface area (Å²) in [5, 5.41) is 4.10. The van der Waals surface area contributed by atoms with Crippen LogP contribution in [0.15, 0.2) is 72.9 Å². The van der Waals surface area contributed by atoms with Crippen LogP contribution in [0.1, 0.15) is 53.6 Å². The molecule has 0 atom stereocenters. The number of likely N-dealkylation sites (tertiary alicyclic amines) is 1. The maximum absolute atomic E-state index is 13.2. The van der Waals surface area contributed by atoms with Gasteiger partial charge in [0.15, 0.2) is 0 Å². The number of hydrogen-bond donors (Lipinski definition) is 1. The average Bonchev–Trinajstić information content (AvgIpc) is 2.99. The molecule has 1 aliphatic heterocycles. The highest BCUT2D eigenvalue weighted by molar-refractivity contribution is 6.05. The lowest BCUT2D eigenvalue weighted by molar-refractivity contribution is -0.128. The zero-order valence-corrected chi connectivity index (χ0v) is 24.7. The SMILES string of the molecule is Cc1cc2cc(CN3CCC(CCCC(=O)N(C)C)CC3)cnc2cc1NC(=O)c1ccc(-c2ccc(F)cc2)cc1. The van der Waals surface area contributed by atoms with Crippen LogP contribution in [-0.2, 0) is 11.3 Å². The fourth-order valence-electron chi connectivity index (χ4n) is 5.66. The summed E-state index contributed by atoms with van der Waals surface area (Å²) in [6.07, 6.45) is 7.04. The van der Waals surface area contributed by atoms with Crippen LogP contribution in [-0.4, -0.2) is 53.8 Å². The van der Waals surface area contributed by atoms with E-state index in [0.29, 0.717) is 17.9 Å². The second kappa shape index (κ2) is 13.3. The molecule has 3 aromatic carbocycles. The topological polar surface area (TPSA) is 65.5 Å². The van der Waals surface area contributed by atoms with Gasteiger partial charge in [0.2, 0.25) is 5.91 Å². The first-order valence-electron chi connectivity index (χ1n) is 14.7. The second-order valence-corrected chi connectivity index (χ2v) is 11.6. The number of aromatic nitrogens is 1. The zero-order valence-electron chi connectivity index (χ0n) is 24.7. The van der Waals surface area contributed by atoms with Gasteiger partial charge in [-0.25, -0.2) is 4.39 Å². The van der Waals surface area contributed by atoms with Crippen LogP contribution in [0.25, 0.3) is 22.0 Å². The predicted octanol–water partition coefficient (Wildman–Crippen LogP) is 7.07. The molecule has 218 valence electrons. The summed E-state index contributed by atoms with van der Waals surface area (Å²) >= 11 is 0. The van der Waals surface area contributed by atoms with Gasteiger partial charge in [-0.3, -0.25) is 19.5 Å². The minimum absolute atomic E-state index is 0.188. The number of halogens is 1. The highest BCUT2D eigenvalue weighted by Crippen LogP contribution is 2.27. The number of nitrogens with zero attached hydrogens (tertiary/aromatic N) is 3. The van der Waals surface area contributed by atoms with E-state index in [1.54, 1.807) is 29.2 Å². The Kier molecular flexibility index (Phi) is 9.28. The van der Waals surface area contributed by atoms with Crippen molar-refractivity contribution in [1.29, 1.82) is 0 Å². The van der Waals surface area contributed by atoms with E-state index in [-0.39, 0.29) is 17.6 Å². The van der Waals surface area contributed by atoms with Gasteiger partial charge in [-0.05, 0) is 116 Å². The molecule has 0 unspecified atom stereocenters. The molecular weight excluding hydrogens is 527 g/mol. The number of carbonyl (C=O) groups excluding carboxylic acids is 2. The van der Waals surface area contributed by atoms with E-state index in [1.807, 2.05) is 45.4 Å². The zero-order chi connectivity index (χ0) is 29.6. The molecule has 4 aromatic rings. The smallest absolute Gasteiger partial charge is 0.255 e. The number of fused-ring (bicyclic) bond motifs is 1. The van der Waals surface area contributed by atoms with Gasteiger partial charge in [-0.1, -0.05) is 24.3 Å². The van der Waals surface area contributed by atoms with Gasteiger partial charge in [0.05, 0.1) is 5.52 Å². The van der Waals surface area contributed by atoms with E-state index in [1.165, 1.54) is 30.5 Å². The van der Waals surface area contributed by atoms with Crippen molar-refractivity contribution in [2.45, 2.75) is 45.6 Å². The van der Waals surface area contributed by atoms with E-state index in [9.17, 15) is 14.0 Å². The maximum atomic E-state index is 13.2. The summed E-state index contributed by atoms with van der Waals surface area (Å²) in [5.74, 6) is 0.460. The first-order valence-corrected chi connectivity index (χ1v) is 14.7. The summed E-state index contributed by atoms with van der Waals surface area (Å²) < 4.78 is 13.2. The fraction of sp³-hybridized carbons (Fsp3) is 0.343. The van der Waals surface area contributed by atoms with Gasteiger partial charge in [-0.15, -0.1) is 0 Å². The van der Waals surface area contributed by atoms with Crippen LogP contribution in [0.3, 0.4) is 0 Å². The van der Waals surface area contributed by atoms with Crippen molar-refractivity contribution in [2.24, 2.45) is 5.92 Å². The first kappa shape index (κ1) is 29.4. The van der Waals surface area contributed by atoms with Crippen LogP contribution >= 0.6 is 0 Å². The molecule has 5 rings (SSSR count). The van der Waals surface area contributed by atoms with Gasteiger partial charge in [0, 0.05) is 49.9 Å². The largest absolute Gasteiger partial charge is 0.349 e. The number of piperidine rings is 1. The molecule has 1 N–H and O–H groups in total. The first-order chi connectivity index (χ1) is 20.2. The van der Waals surface area contributed by atoms with Gasteiger partial charge >= 0.3 is 0 Å². The Balaban J connectivity index is 1.16. The molecule has 0 saturated carbocycles. The third-order valence-corrected chi connectivity index (χ3v) is 8.27. The Morgan fingerprint density at radius 2 is 1.64 bits per heavy atom. The van der Waals surface area contributed by atoms with Gasteiger partial charge in [0.1, 0.15) is 5.82 Å². The van der Waals surface area contributed by atoms with E-state index >= 15 is 0 Å². The number of hydrogen-bond acceptors (Lipinski definition) is 4. The highest BCUT2D eigenvalue weighted by Gasteiger charge is 2.20. The van der Waals surface area contributed by atoms with E-state index < -0.39 is 0 Å². The molecule has 1 aromatic heterocycles. The molecular formula is C35H39FN4O2. The van der Waals surface area contributed by atoms with Crippen molar-refractivity contribution in [3.63, 3.8) is 0 Å². The molecule has 7 heteroatoms. The standard InChI is InChI=1S/C35H39FN4O2/c1-24-19-30-20-26(23-40-17-15-25(16-18-40)5-4-6-34(41)39(2)3)22-37-33(30)21-32(24)38-35(42)29-9-7-27(8-10-29)28-11-13-31(36)14-12-28/h7-14,19-22,25H,4-6,15-18,23H2,1-3H3,(H,38,42). The molecule has 0 aliphatic carbocycles. The Labute approximate surface area is 247 Å². The second-order valence-electron chi connectivity index (χ2n) is 11.6. The van der Waals surface area contributed by atoms with Crippen LogP contribution in [0.4, 0.5) is 10.1 Å². The highest BCUT2D eigenvalue weighted by atomic mass is 19.1. The van der Waals surface area contributed by atoms with Gasteiger partial charge in [0.25, 0.3) is 5.91 Å². The quantitative estimate of drug-likeness (QED) is 0.235. The molecule has 2 amide bonds. The van der Waals surface area contributed by atoms with E-state index in [2.05, 4.69) is 22.3 Å². The molecule has 1 saturated heterocycles. The van der Waals surface area contributed by atoms with Gasteiger partial charge < -0.3 is 10.2 Å². The lowest BCUT2D eigenvalue weighted by Crippen LogP contribution is -2.33. The van der Waals surface area contributed by atoms with Crippen molar-refractivity contribution in [2.75, 3.05) is 32.5 Å². The number of benzene rings is 3. The third-order valence-electron chi connectivity index (χ3n) is 8.27. The minimum atomic E-state index is -0.274. The normalized spacial score (nSPS) is 14.2. The number of aryl methyl sites for hydroxylation is 1. The number of carbonyl (C=O) groups is 2. The number of amides is 2. The van der Waals surface area contributed by atoms with Crippen LogP contribution in [0, 0.1) is 18.7 Å². The number of nitrogens with one attached hydrogen (secondary N) is 1. The summed E-state index contributed by atoms with van der Waals surface area (Å²) in [5.41, 5.74) is 6.12. The van der Waals surface area contributed by atoms with E-state index in [4.69, 9.17) is 4.98 Å². The number of anilines is 1. The monoisotopic (exact) mass is 566 g/mol. The predicted molar refractivity (Wildman–Crippen MR) is 167 cm³/mol. The van der Waals surface area contributed by atoms with Crippen LogP contribution < -0.4 is 5.32 Å². The molecule has 1 fully saturated rings. The minimum Gasteiger partial charge on any atom is -0.349 e. The van der Waals surface area contributed by atoms with Crippen molar-refractivity contribution >= 4 is 28.4 Å². The Hall–Kier alpha value is -4.10. The van der Waals surface area contributed by atoms with Crippen LogP contribution in [0.5, 0.6) is 0 Å². The number of rotatable bonds is 9. The molecule has 6 nitrogen and oxygen atoms in total. The summed E-state index contributed by atoms with van der Waals surface area (Å²) in [4.78, 5) is 33.7. The van der Waals surface area contributed by atoms with Crippen molar-refractivity contribution in [3.8, 4) is 11.1 Å². The lowest BCUT2D eigenvalue weighted by Gasteiger charge is -2.32. The lowest BCUT2D eigenvalue weighted by atomic mass is 9.91. The van der Waals surface area contributed by atoms with Crippen molar-refractivity contribution in [3.05, 3.63) is 95.4 Å². The summed E-state index contributed by atoms with van der Waals surface area (Å²) in [7, 11) is 3.64. The average molecular weight is 567 g/mol. The Morgan fingerprint density at radius 3 is 2.31 bits per heavy atom. The fourth-order valence-corrected chi connectivity index (χ4v) is 5.66. The molecule has 0 bridgehead atoms. The number of pyridine rings is 1.